The van der Waals surface area contributed by atoms with Crippen LogP contribution in [0.5, 0.6) is 5.75 Å². The molecular formula is C12H8F5NO3. The van der Waals surface area contributed by atoms with Gasteiger partial charge in [0.15, 0.2) is 6.10 Å². The molecule has 1 N–H and O–H groups in total. The van der Waals surface area contributed by atoms with Gasteiger partial charge in [-0.1, -0.05) is 0 Å². The highest BCUT2D eigenvalue weighted by molar-refractivity contribution is 6.04. The van der Waals surface area contributed by atoms with Crippen molar-refractivity contribution in [2.24, 2.45) is 0 Å². The molecule has 1 aromatic carbocycles. The fourth-order valence-corrected chi connectivity index (χ4v) is 1.66. The van der Waals surface area contributed by atoms with E-state index in [1.54, 1.807) is 0 Å². The van der Waals surface area contributed by atoms with Crippen LogP contribution in [0.15, 0.2) is 18.2 Å². The molecule has 2 rings (SSSR count). The van der Waals surface area contributed by atoms with E-state index in [9.17, 15) is 31.5 Å². The van der Waals surface area contributed by atoms with Crippen LogP contribution >= 0.6 is 0 Å². The minimum Gasteiger partial charge on any atom is -0.479 e. The number of Topliss-reactive ketones (excluding diaryl/α,β-unsaturated/α-hetero) is 1. The summed E-state index contributed by atoms with van der Waals surface area (Å²) in [6, 6.07) is 2.55. The number of carbonyl (C=O) groups is 2. The van der Waals surface area contributed by atoms with Crippen molar-refractivity contribution in [2.45, 2.75) is 25.1 Å². The highest BCUT2D eigenvalue weighted by Gasteiger charge is 2.63. The standard InChI is InChI=1S/C12H8F5NO3/c1-5-10(20)18-7-4-6(2-3-8(7)21-5)9(19)11(13,14)12(15,16)17/h2-5H,1H3,(H,18,20). The predicted octanol–water partition coefficient (Wildman–Crippen LogP) is 2.79. The maximum Gasteiger partial charge on any atom is 0.461 e. The fraction of sp³-hybridized carbons (Fsp3) is 0.333. The summed E-state index contributed by atoms with van der Waals surface area (Å²) in [4.78, 5) is 22.7. The van der Waals surface area contributed by atoms with Gasteiger partial charge in [-0.3, -0.25) is 9.59 Å². The normalized spacial score (nSPS) is 18.6. The first-order valence-electron chi connectivity index (χ1n) is 5.65. The zero-order valence-electron chi connectivity index (χ0n) is 10.4. The summed E-state index contributed by atoms with van der Waals surface area (Å²) in [6.07, 6.45) is -6.83. The molecule has 21 heavy (non-hydrogen) atoms. The van der Waals surface area contributed by atoms with Gasteiger partial charge in [0.05, 0.1) is 5.69 Å². The lowest BCUT2D eigenvalue weighted by molar-refractivity contribution is -0.255. The molecule has 114 valence electrons. The van der Waals surface area contributed by atoms with Gasteiger partial charge < -0.3 is 10.1 Å². The van der Waals surface area contributed by atoms with Crippen molar-refractivity contribution in [1.29, 1.82) is 0 Å². The number of benzene rings is 1. The maximum absolute atomic E-state index is 13.0. The Kier molecular flexibility index (Phi) is 3.38. The lowest BCUT2D eigenvalue weighted by Gasteiger charge is -2.24. The van der Waals surface area contributed by atoms with Crippen molar-refractivity contribution in [1.82, 2.24) is 0 Å². The Bertz CT molecular complexity index is 611. The van der Waals surface area contributed by atoms with Crippen LogP contribution in [-0.2, 0) is 4.79 Å². The van der Waals surface area contributed by atoms with Gasteiger partial charge in [0, 0.05) is 5.56 Å². The minimum absolute atomic E-state index is 0.0778. The number of rotatable bonds is 2. The summed E-state index contributed by atoms with van der Waals surface area (Å²) >= 11 is 0. The number of halogens is 5. The molecule has 1 aliphatic heterocycles. The summed E-state index contributed by atoms with van der Waals surface area (Å²) in [5, 5.41) is 2.25. The van der Waals surface area contributed by atoms with Crippen LogP contribution in [-0.4, -0.2) is 29.9 Å². The monoisotopic (exact) mass is 309 g/mol. The van der Waals surface area contributed by atoms with Gasteiger partial charge in [-0.25, -0.2) is 0 Å². The molecule has 1 unspecified atom stereocenters. The highest BCUT2D eigenvalue weighted by Crippen LogP contribution is 2.39. The number of carbonyl (C=O) groups excluding carboxylic acids is 2. The molecule has 1 amide bonds. The maximum atomic E-state index is 13.0. The molecule has 0 aliphatic carbocycles. The Balaban J connectivity index is 2.38. The molecule has 1 heterocycles. The van der Waals surface area contributed by atoms with E-state index in [2.05, 4.69) is 5.32 Å². The highest BCUT2D eigenvalue weighted by atomic mass is 19.4. The SMILES string of the molecule is CC1Oc2ccc(C(=O)C(F)(F)C(F)(F)F)cc2NC1=O. The van der Waals surface area contributed by atoms with E-state index < -0.39 is 35.5 Å². The Labute approximate surface area is 114 Å². The van der Waals surface area contributed by atoms with Crippen LogP contribution < -0.4 is 10.1 Å². The van der Waals surface area contributed by atoms with Crippen molar-refractivity contribution in [3.05, 3.63) is 23.8 Å². The molecule has 0 radical (unpaired) electrons. The summed E-state index contributed by atoms with van der Waals surface area (Å²) in [5.41, 5.74) is -1.02. The average Bonchev–Trinajstić information content (AvgIpc) is 2.37. The van der Waals surface area contributed by atoms with Crippen molar-refractivity contribution < 1.29 is 36.3 Å². The predicted molar refractivity (Wildman–Crippen MR) is 60.5 cm³/mol. The topological polar surface area (TPSA) is 55.4 Å². The van der Waals surface area contributed by atoms with Gasteiger partial charge in [0.2, 0.25) is 5.78 Å². The molecule has 0 bridgehead atoms. The summed E-state index contributed by atoms with van der Waals surface area (Å²) in [6.45, 7) is 1.43. The van der Waals surface area contributed by atoms with E-state index in [4.69, 9.17) is 4.74 Å². The van der Waals surface area contributed by atoms with Gasteiger partial charge >= 0.3 is 12.1 Å². The largest absolute Gasteiger partial charge is 0.479 e. The summed E-state index contributed by atoms with van der Waals surface area (Å²) in [7, 11) is 0. The lowest BCUT2D eigenvalue weighted by Crippen LogP contribution is -2.44. The smallest absolute Gasteiger partial charge is 0.461 e. The molecule has 9 heteroatoms. The molecular weight excluding hydrogens is 301 g/mol. The Morgan fingerprint density at radius 1 is 1.24 bits per heavy atom. The molecule has 1 atom stereocenters. The van der Waals surface area contributed by atoms with Crippen LogP contribution in [0.25, 0.3) is 0 Å². The first kappa shape index (κ1) is 15.2. The minimum atomic E-state index is -5.99. The summed E-state index contributed by atoms with van der Waals surface area (Å²) in [5.74, 6) is -8.43. The Morgan fingerprint density at radius 3 is 2.43 bits per heavy atom. The third-order valence-corrected chi connectivity index (χ3v) is 2.81. The van der Waals surface area contributed by atoms with Gasteiger partial charge in [-0.05, 0) is 25.1 Å². The number of anilines is 1. The number of fused-ring (bicyclic) bond motifs is 1. The van der Waals surface area contributed by atoms with Crippen LogP contribution in [0.4, 0.5) is 27.6 Å². The van der Waals surface area contributed by atoms with Crippen LogP contribution in [0.1, 0.15) is 17.3 Å². The van der Waals surface area contributed by atoms with Crippen molar-refractivity contribution in [3.8, 4) is 5.75 Å². The van der Waals surface area contributed by atoms with Gasteiger partial charge in [0.1, 0.15) is 5.75 Å². The number of ether oxygens (including phenoxy) is 1. The number of ketones is 1. The second-order valence-electron chi connectivity index (χ2n) is 4.36. The van der Waals surface area contributed by atoms with Gasteiger partial charge in [-0.15, -0.1) is 0 Å². The van der Waals surface area contributed by atoms with Crippen LogP contribution in [0, 0.1) is 0 Å². The number of nitrogens with one attached hydrogen (secondary N) is 1. The number of alkyl halides is 5. The molecule has 0 saturated carbocycles. The van der Waals surface area contributed by atoms with Crippen molar-refractivity contribution in [3.63, 3.8) is 0 Å². The first-order valence-corrected chi connectivity index (χ1v) is 5.65. The van der Waals surface area contributed by atoms with E-state index >= 15 is 0 Å². The quantitative estimate of drug-likeness (QED) is 0.675. The van der Waals surface area contributed by atoms with E-state index in [-0.39, 0.29) is 11.4 Å². The van der Waals surface area contributed by atoms with E-state index in [0.29, 0.717) is 0 Å². The Morgan fingerprint density at radius 2 is 1.86 bits per heavy atom. The second kappa shape index (κ2) is 4.68. The number of amides is 1. The molecule has 1 aromatic rings. The molecule has 0 fully saturated rings. The third kappa shape index (κ3) is 2.55. The van der Waals surface area contributed by atoms with E-state index in [0.717, 1.165) is 18.2 Å². The van der Waals surface area contributed by atoms with Crippen molar-refractivity contribution in [2.75, 3.05) is 5.32 Å². The number of hydrogen-bond acceptors (Lipinski definition) is 3. The molecule has 4 nitrogen and oxygen atoms in total. The first-order chi connectivity index (χ1) is 9.54. The molecule has 0 spiro atoms. The molecule has 0 aromatic heterocycles. The second-order valence-corrected chi connectivity index (χ2v) is 4.36. The molecule has 1 aliphatic rings. The van der Waals surface area contributed by atoms with Crippen molar-refractivity contribution >= 4 is 17.4 Å². The summed E-state index contributed by atoms with van der Waals surface area (Å²) < 4.78 is 67.5. The Hall–Kier alpha value is -2.19. The zero-order valence-corrected chi connectivity index (χ0v) is 10.4. The van der Waals surface area contributed by atoms with E-state index in [1.165, 1.54) is 6.92 Å². The lowest BCUT2D eigenvalue weighted by atomic mass is 10.0. The van der Waals surface area contributed by atoms with Crippen LogP contribution in [0.2, 0.25) is 0 Å². The number of hydrogen-bond donors (Lipinski definition) is 1. The van der Waals surface area contributed by atoms with Gasteiger partial charge in [0.25, 0.3) is 5.91 Å². The third-order valence-electron chi connectivity index (χ3n) is 2.81. The average molecular weight is 309 g/mol. The van der Waals surface area contributed by atoms with Gasteiger partial charge in [-0.2, -0.15) is 22.0 Å². The molecule has 0 saturated heterocycles. The van der Waals surface area contributed by atoms with E-state index in [1.807, 2.05) is 0 Å². The fourth-order valence-electron chi connectivity index (χ4n) is 1.66. The zero-order chi connectivity index (χ0) is 16.0. The van der Waals surface area contributed by atoms with Crippen LogP contribution in [0.3, 0.4) is 0 Å².